The highest BCUT2D eigenvalue weighted by Gasteiger charge is 2.40. The van der Waals surface area contributed by atoms with Crippen LogP contribution in [0.3, 0.4) is 0 Å². The Labute approximate surface area is 155 Å². The summed E-state index contributed by atoms with van der Waals surface area (Å²) >= 11 is 5.79. The molecule has 0 fully saturated rings. The van der Waals surface area contributed by atoms with Gasteiger partial charge in [-0.05, 0) is 23.3 Å². The molecule has 0 aliphatic rings. The lowest BCUT2D eigenvalue weighted by Crippen LogP contribution is -2.38. The molecule has 2 atom stereocenters. The minimum atomic E-state index is -4.49. The van der Waals surface area contributed by atoms with Crippen LogP contribution in [0.5, 0.6) is 0 Å². The number of ether oxygens (including phenoxy) is 1. The Hall–Kier alpha value is -1.60. The van der Waals surface area contributed by atoms with Crippen molar-refractivity contribution in [3.63, 3.8) is 0 Å². The van der Waals surface area contributed by atoms with Gasteiger partial charge in [0.25, 0.3) is 0 Å². The number of aliphatic hydroxyl groups excluding tert-OH is 1. The van der Waals surface area contributed by atoms with E-state index in [0.717, 1.165) is 5.56 Å². The predicted molar refractivity (Wildman–Crippen MR) is 95.1 cm³/mol. The molecular weight excluding hydrogens is 367 g/mol. The Morgan fingerprint density at radius 2 is 1.65 bits per heavy atom. The molecule has 0 bridgehead atoms. The van der Waals surface area contributed by atoms with E-state index in [-0.39, 0.29) is 13.0 Å². The molecule has 26 heavy (non-hydrogen) atoms. The van der Waals surface area contributed by atoms with Gasteiger partial charge in [0.15, 0.2) is 6.10 Å². The van der Waals surface area contributed by atoms with Gasteiger partial charge in [-0.3, -0.25) is 0 Å². The summed E-state index contributed by atoms with van der Waals surface area (Å²) < 4.78 is 44.3. The molecule has 2 rings (SSSR count). The maximum Gasteiger partial charge on any atom is 0.414 e. The summed E-state index contributed by atoms with van der Waals surface area (Å²) in [6.45, 7) is 0.199. The van der Waals surface area contributed by atoms with Gasteiger partial charge in [-0.1, -0.05) is 54.1 Å². The normalized spacial score (nSPS) is 14.2. The third-order valence-corrected chi connectivity index (χ3v) is 3.99. The maximum absolute atomic E-state index is 13.1. The molecule has 0 saturated heterocycles. The Bertz CT molecular complexity index is 650. The van der Waals surface area contributed by atoms with E-state index >= 15 is 0 Å². The van der Waals surface area contributed by atoms with Crippen LogP contribution >= 0.6 is 11.6 Å². The number of benzene rings is 2. The van der Waals surface area contributed by atoms with Crippen molar-refractivity contribution < 1.29 is 23.0 Å². The number of hydrogen-bond donors (Lipinski definition) is 2. The Morgan fingerprint density at radius 3 is 2.27 bits per heavy atom. The van der Waals surface area contributed by atoms with E-state index in [0.29, 0.717) is 17.1 Å². The quantitative estimate of drug-likeness (QED) is 0.684. The van der Waals surface area contributed by atoms with Crippen molar-refractivity contribution in [2.45, 2.75) is 31.3 Å². The SMILES string of the molecule is OC(CNCc1ccc(Cl)cc1)COC(Cc1ccccc1)C(F)(F)F. The van der Waals surface area contributed by atoms with Crippen molar-refractivity contribution in [2.24, 2.45) is 0 Å². The molecule has 0 heterocycles. The molecule has 142 valence electrons. The molecule has 0 radical (unpaired) electrons. The van der Waals surface area contributed by atoms with Crippen LogP contribution in [0.15, 0.2) is 54.6 Å². The first kappa shape index (κ1) is 20.7. The zero-order chi connectivity index (χ0) is 19.0. The van der Waals surface area contributed by atoms with Gasteiger partial charge in [0.05, 0.1) is 12.7 Å². The average Bonchev–Trinajstić information content (AvgIpc) is 2.60. The maximum atomic E-state index is 13.1. The van der Waals surface area contributed by atoms with E-state index in [2.05, 4.69) is 5.32 Å². The third-order valence-electron chi connectivity index (χ3n) is 3.74. The van der Waals surface area contributed by atoms with Gasteiger partial charge in [0.2, 0.25) is 0 Å². The highest BCUT2D eigenvalue weighted by molar-refractivity contribution is 6.30. The first-order valence-electron chi connectivity index (χ1n) is 8.20. The largest absolute Gasteiger partial charge is 0.414 e. The molecule has 2 unspecified atom stereocenters. The van der Waals surface area contributed by atoms with Crippen LogP contribution in [0.1, 0.15) is 11.1 Å². The summed E-state index contributed by atoms with van der Waals surface area (Å²) in [5.74, 6) is 0. The number of halogens is 4. The van der Waals surface area contributed by atoms with Crippen molar-refractivity contribution in [3.8, 4) is 0 Å². The number of aliphatic hydroxyl groups is 1. The first-order chi connectivity index (χ1) is 12.3. The summed E-state index contributed by atoms with van der Waals surface area (Å²) in [4.78, 5) is 0. The summed E-state index contributed by atoms with van der Waals surface area (Å²) in [7, 11) is 0. The van der Waals surface area contributed by atoms with Gasteiger partial charge >= 0.3 is 6.18 Å². The lowest BCUT2D eigenvalue weighted by atomic mass is 10.1. The molecule has 2 aromatic rings. The molecule has 0 aromatic heterocycles. The lowest BCUT2D eigenvalue weighted by molar-refractivity contribution is -0.224. The Kier molecular flexibility index (Phi) is 7.90. The van der Waals surface area contributed by atoms with Crippen LogP contribution in [0, 0.1) is 0 Å². The summed E-state index contributed by atoms with van der Waals surface area (Å²) in [5.41, 5.74) is 1.49. The van der Waals surface area contributed by atoms with Gasteiger partial charge in [-0.25, -0.2) is 0 Å². The van der Waals surface area contributed by atoms with Gasteiger partial charge in [-0.15, -0.1) is 0 Å². The van der Waals surface area contributed by atoms with Gasteiger partial charge in [-0.2, -0.15) is 13.2 Å². The standard InChI is InChI=1S/C19H21ClF3NO2/c20-16-8-6-15(7-9-16)11-24-12-17(25)13-26-18(19(21,22)23)10-14-4-2-1-3-5-14/h1-9,17-18,24-25H,10-13H2. The van der Waals surface area contributed by atoms with Crippen LogP contribution in [0.2, 0.25) is 5.02 Å². The van der Waals surface area contributed by atoms with Crippen LogP contribution in [0.4, 0.5) is 13.2 Å². The van der Waals surface area contributed by atoms with E-state index in [1.54, 1.807) is 42.5 Å². The van der Waals surface area contributed by atoms with Crippen LogP contribution in [0.25, 0.3) is 0 Å². The van der Waals surface area contributed by atoms with Gasteiger partial charge in [0.1, 0.15) is 0 Å². The molecular formula is C19H21ClF3NO2. The van der Waals surface area contributed by atoms with E-state index in [1.807, 2.05) is 12.1 Å². The zero-order valence-electron chi connectivity index (χ0n) is 14.0. The summed E-state index contributed by atoms with van der Waals surface area (Å²) in [6.07, 6.45) is -7.76. The molecule has 0 saturated carbocycles. The van der Waals surface area contributed by atoms with Crippen molar-refractivity contribution in [3.05, 3.63) is 70.7 Å². The minimum Gasteiger partial charge on any atom is -0.389 e. The molecule has 0 aliphatic heterocycles. The van der Waals surface area contributed by atoms with Crippen LogP contribution < -0.4 is 5.32 Å². The molecule has 2 aromatic carbocycles. The van der Waals surface area contributed by atoms with Crippen molar-refractivity contribution >= 4 is 11.6 Å². The molecule has 3 nitrogen and oxygen atoms in total. The monoisotopic (exact) mass is 387 g/mol. The highest BCUT2D eigenvalue weighted by atomic mass is 35.5. The second kappa shape index (κ2) is 9.92. The molecule has 0 spiro atoms. The van der Waals surface area contributed by atoms with Crippen LogP contribution in [-0.4, -0.2) is 36.6 Å². The zero-order valence-corrected chi connectivity index (χ0v) is 14.8. The van der Waals surface area contributed by atoms with E-state index in [4.69, 9.17) is 16.3 Å². The fourth-order valence-corrected chi connectivity index (χ4v) is 2.49. The molecule has 2 N–H and O–H groups in total. The fourth-order valence-electron chi connectivity index (χ4n) is 2.37. The highest BCUT2D eigenvalue weighted by Crippen LogP contribution is 2.26. The number of nitrogens with one attached hydrogen (secondary N) is 1. The van der Waals surface area contributed by atoms with E-state index in [1.165, 1.54) is 0 Å². The first-order valence-corrected chi connectivity index (χ1v) is 8.58. The lowest BCUT2D eigenvalue weighted by Gasteiger charge is -2.22. The predicted octanol–water partition coefficient (Wildman–Crippen LogP) is 3.98. The van der Waals surface area contributed by atoms with Gasteiger partial charge in [0, 0.05) is 24.5 Å². The fraction of sp³-hybridized carbons (Fsp3) is 0.368. The molecule has 0 amide bonds. The smallest absolute Gasteiger partial charge is 0.389 e. The third kappa shape index (κ3) is 7.33. The summed E-state index contributed by atoms with van der Waals surface area (Å²) in [6, 6.07) is 15.5. The average molecular weight is 388 g/mol. The second-order valence-electron chi connectivity index (χ2n) is 5.96. The summed E-state index contributed by atoms with van der Waals surface area (Å²) in [5, 5.41) is 13.5. The Balaban J connectivity index is 1.77. The minimum absolute atomic E-state index is 0.124. The Morgan fingerprint density at radius 1 is 1.00 bits per heavy atom. The van der Waals surface area contributed by atoms with Gasteiger partial charge < -0.3 is 15.2 Å². The van der Waals surface area contributed by atoms with Crippen LogP contribution in [-0.2, 0) is 17.7 Å². The van der Waals surface area contributed by atoms with E-state index in [9.17, 15) is 18.3 Å². The second-order valence-corrected chi connectivity index (χ2v) is 6.40. The molecule has 7 heteroatoms. The number of alkyl halides is 3. The molecule has 0 aliphatic carbocycles. The van der Waals surface area contributed by atoms with Crippen molar-refractivity contribution in [1.82, 2.24) is 5.32 Å². The number of hydrogen-bond acceptors (Lipinski definition) is 3. The van der Waals surface area contributed by atoms with Crippen molar-refractivity contribution in [1.29, 1.82) is 0 Å². The number of rotatable bonds is 9. The van der Waals surface area contributed by atoms with E-state index < -0.39 is 25.0 Å². The topological polar surface area (TPSA) is 41.5 Å². The van der Waals surface area contributed by atoms with Crippen molar-refractivity contribution in [2.75, 3.05) is 13.2 Å².